The molecule has 3 rings (SSSR count). The normalized spacial score (nSPS) is 28.1. The van der Waals surface area contributed by atoms with Crippen LogP contribution < -0.4 is 0 Å². The lowest BCUT2D eigenvalue weighted by Crippen LogP contribution is -2.43. The van der Waals surface area contributed by atoms with E-state index in [1.807, 2.05) is 12.1 Å². The van der Waals surface area contributed by atoms with E-state index in [0.717, 1.165) is 25.7 Å². The number of carboxylic acid groups (broad SMARTS) is 1. The quantitative estimate of drug-likeness (QED) is 0.921. The van der Waals surface area contributed by atoms with Crippen LogP contribution in [0.1, 0.15) is 36.8 Å². The van der Waals surface area contributed by atoms with Gasteiger partial charge in [-0.05, 0) is 49.1 Å². The van der Waals surface area contributed by atoms with E-state index in [-0.39, 0.29) is 12.0 Å². The van der Waals surface area contributed by atoms with E-state index < -0.39 is 11.4 Å². The van der Waals surface area contributed by atoms with Gasteiger partial charge in [0.05, 0.1) is 11.5 Å². The monoisotopic (exact) mass is 274 g/mol. The van der Waals surface area contributed by atoms with Crippen molar-refractivity contribution in [3.05, 3.63) is 35.4 Å². The van der Waals surface area contributed by atoms with Crippen molar-refractivity contribution < 1.29 is 14.6 Å². The third kappa shape index (κ3) is 2.14. The van der Waals surface area contributed by atoms with E-state index >= 15 is 0 Å². The van der Waals surface area contributed by atoms with Crippen LogP contribution in [0.5, 0.6) is 0 Å². The lowest BCUT2D eigenvalue weighted by Gasteiger charge is -2.39. The number of benzene rings is 1. The van der Waals surface area contributed by atoms with Crippen LogP contribution in [0, 0.1) is 11.3 Å². The summed E-state index contributed by atoms with van der Waals surface area (Å²) in [5.74, 6) is -0.401. The van der Waals surface area contributed by atoms with E-state index in [0.29, 0.717) is 12.8 Å². The van der Waals surface area contributed by atoms with E-state index in [4.69, 9.17) is 4.74 Å². The van der Waals surface area contributed by atoms with Gasteiger partial charge in [0.15, 0.2) is 0 Å². The second-order valence-electron chi connectivity index (χ2n) is 6.30. The van der Waals surface area contributed by atoms with Crippen LogP contribution in [0.3, 0.4) is 0 Å². The smallest absolute Gasteiger partial charge is 0.310 e. The molecule has 1 aromatic carbocycles. The Morgan fingerprint density at radius 2 is 1.90 bits per heavy atom. The van der Waals surface area contributed by atoms with Crippen LogP contribution in [-0.2, 0) is 22.4 Å². The van der Waals surface area contributed by atoms with E-state index in [2.05, 4.69) is 12.1 Å². The van der Waals surface area contributed by atoms with Gasteiger partial charge in [-0.25, -0.2) is 0 Å². The van der Waals surface area contributed by atoms with Crippen LogP contribution in [0.15, 0.2) is 24.3 Å². The highest BCUT2D eigenvalue weighted by Gasteiger charge is 2.50. The molecule has 0 spiro atoms. The maximum Gasteiger partial charge on any atom is 0.310 e. The van der Waals surface area contributed by atoms with Gasteiger partial charge in [-0.15, -0.1) is 0 Å². The maximum absolute atomic E-state index is 12.0. The summed E-state index contributed by atoms with van der Waals surface area (Å²) in [5.41, 5.74) is 1.82. The van der Waals surface area contributed by atoms with Crippen molar-refractivity contribution in [2.24, 2.45) is 11.3 Å². The molecule has 1 aromatic rings. The van der Waals surface area contributed by atoms with Gasteiger partial charge in [0.1, 0.15) is 0 Å². The molecule has 0 saturated heterocycles. The summed E-state index contributed by atoms with van der Waals surface area (Å²) >= 11 is 0. The predicted octanol–water partition coefficient (Wildman–Crippen LogP) is 3.06. The summed E-state index contributed by atoms with van der Waals surface area (Å²) in [6.07, 6.45) is 5.63. The maximum atomic E-state index is 12.0. The third-order valence-electron chi connectivity index (χ3n) is 5.30. The third-order valence-corrected chi connectivity index (χ3v) is 5.30. The first kappa shape index (κ1) is 13.6. The van der Waals surface area contributed by atoms with Gasteiger partial charge < -0.3 is 9.84 Å². The Morgan fingerprint density at radius 3 is 2.45 bits per heavy atom. The molecule has 0 heterocycles. The lowest BCUT2D eigenvalue weighted by atomic mass is 9.66. The molecule has 2 unspecified atom stereocenters. The summed E-state index contributed by atoms with van der Waals surface area (Å²) in [5, 5.41) is 9.91. The van der Waals surface area contributed by atoms with E-state index in [9.17, 15) is 9.90 Å². The fraction of sp³-hybridized carbons (Fsp3) is 0.588. The highest BCUT2D eigenvalue weighted by Crippen LogP contribution is 2.48. The van der Waals surface area contributed by atoms with Gasteiger partial charge in [-0.1, -0.05) is 30.7 Å². The van der Waals surface area contributed by atoms with Gasteiger partial charge in [-0.3, -0.25) is 4.79 Å². The van der Waals surface area contributed by atoms with Crippen LogP contribution >= 0.6 is 0 Å². The minimum Gasteiger partial charge on any atom is -0.481 e. The summed E-state index contributed by atoms with van der Waals surface area (Å²) in [4.78, 5) is 12.0. The highest BCUT2D eigenvalue weighted by atomic mass is 16.5. The molecule has 1 fully saturated rings. The van der Waals surface area contributed by atoms with Gasteiger partial charge in [0.25, 0.3) is 0 Å². The first-order chi connectivity index (χ1) is 9.65. The van der Waals surface area contributed by atoms with Crippen LogP contribution in [0.2, 0.25) is 0 Å². The number of hydrogen-bond acceptors (Lipinski definition) is 2. The standard InChI is InChI=1S/C17H22O3/c1-20-15-8-4-7-14(9-15)17(16(18)19)10-12-5-2-3-6-13(12)11-17/h2-3,5-6,14-15H,4,7-11H2,1H3,(H,18,19). The Morgan fingerprint density at radius 1 is 1.25 bits per heavy atom. The number of carboxylic acids is 1. The predicted molar refractivity (Wildman–Crippen MR) is 76.7 cm³/mol. The number of hydrogen-bond donors (Lipinski definition) is 1. The van der Waals surface area contributed by atoms with Gasteiger partial charge >= 0.3 is 5.97 Å². The Balaban J connectivity index is 1.89. The fourth-order valence-corrected chi connectivity index (χ4v) is 4.12. The van der Waals surface area contributed by atoms with Crippen LogP contribution in [0.25, 0.3) is 0 Å². The average molecular weight is 274 g/mol. The number of ether oxygens (including phenoxy) is 1. The molecule has 108 valence electrons. The van der Waals surface area contributed by atoms with Gasteiger partial charge in [-0.2, -0.15) is 0 Å². The lowest BCUT2D eigenvalue weighted by molar-refractivity contribution is -0.154. The Labute approximate surface area is 120 Å². The topological polar surface area (TPSA) is 46.5 Å². The number of rotatable bonds is 3. The molecule has 0 bridgehead atoms. The van der Waals surface area contributed by atoms with Gasteiger partial charge in [0.2, 0.25) is 0 Å². The zero-order valence-corrected chi connectivity index (χ0v) is 12.0. The molecule has 0 aromatic heterocycles. The molecule has 2 aliphatic carbocycles. The van der Waals surface area contributed by atoms with Crippen molar-refractivity contribution in [3.63, 3.8) is 0 Å². The summed E-state index contributed by atoms with van der Waals surface area (Å²) in [6.45, 7) is 0. The Bertz CT molecular complexity index is 484. The molecule has 20 heavy (non-hydrogen) atoms. The first-order valence-electron chi connectivity index (χ1n) is 7.48. The summed E-state index contributed by atoms with van der Waals surface area (Å²) in [7, 11) is 1.74. The number of fused-ring (bicyclic) bond motifs is 1. The summed E-state index contributed by atoms with van der Waals surface area (Å²) < 4.78 is 5.49. The second-order valence-corrected chi connectivity index (χ2v) is 6.30. The molecule has 0 radical (unpaired) electrons. The van der Waals surface area contributed by atoms with Crippen molar-refractivity contribution in [1.82, 2.24) is 0 Å². The molecule has 3 heteroatoms. The molecule has 3 nitrogen and oxygen atoms in total. The van der Waals surface area contributed by atoms with Crippen LogP contribution in [0.4, 0.5) is 0 Å². The highest BCUT2D eigenvalue weighted by molar-refractivity contribution is 5.77. The Kier molecular flexibility index (Phi) is 3.55. The Hall–Kier alpha value is -1.35. The zero-order valence-electron chi connectivity index (χ0n) is 12.0. The molecule has 2 aliphatic rings. The molecule has 0 amide bonds. The molecule has 1 N–H and O–H groups in total. The molecular weight excluding hydrogens is 252 g/mol. The van der Waals surface area contributed by atoms with Crippen molar-refractivity contribution >= 4 is 5.97 Å². The SMILES string of the molecule is COC1CCCC(C2(C(=O)O)Cc3ccccc3C2)C1. The summed E-state index contributed by atoms with van der Waals surface area (Å²) in [6, 6.07) is 8.18. The second kappa shape index (κ2) is 5.21. The molecule has 1 saturated carbocycles. The number of carbonyl (C=O) groups is 1. The van der Waals surface area contributed by atoms with Gasteiger partial charge in [0, 0.05) is 7.11 Å². The number of aliphatic carboxylic acids is 1. The minimum absolute atomic E-state index is 0.228. The first-order valence-corrected chi connectivity index (χ1v) is 7.48. The fourth-order valence-electron chi connectivity index (χ4n) is 4.12. The number of methoxy groups -OCH3 is 1. The van der Waals surface area contributed by atoms with Crippen molar-refractivity contribution in [3.8, 4) is 0 Å². The average Bonchev–Trinajstić information content (AvgIpc) is 2.88. The molecule has 2 atom stereocenters. The largest absolute Gasteiger partial charge is 0.481 e. The van der Waals surface area contributed by atoms with E-state index in [1.54, 1.807) is 7.11 Å². The zero-order chi connectivity index (χ0) is 14.2. The van der Waals surface area contributed by atoms with Crippen LogP contribution in [-0.4, -0.2) is 24.3 Å². The molecular formula is C17H22O3. The molecule has 0 aliphatic heterocycles. The minimum atomic E-state index is -0.629. The van der Waals surface area contributed by atoms with Crippen molar-refractivity contribution in [1.29, 1.82) is 0 Å². The van der Waals surface area contributed by atoms with Crippen molar-refractivity contribution in [2.45, 2.75) is 44.6 Å². The van der Waals surface area contributed by atoms with Crippen molar-refractivity contribution in [2.75, 3.05) is 7.11 Å². The van der Waals surface area contributed by atoms with E-state index in [1.165, 1.54) is 11.1 Å².